The number of sulfonamides is 1. The molecule has 2 aromatic carbocycles. The van der Waals surface area contributed by atoms with Gasteiger partial charge in [0.1, 0.15) is 12.4 Å². The Labute approximate surface area is 244 Å². The van der Waals surface area contributed by atoms with E-state index < -0.39 is 15.8 Å². The van der Waals surface area contributed by atoms with Gasteiger partial charge in [-0.25, -0.2) is 34.2 Å². The minimum atomic E-state index is -3.68. The molecule has 0 aliphatic carbocycles. The molecule has 15 heteroatoms. The highest BCUT2D eigenvalue weighted by atomic mass is 32.2. The quantitative estimate of drug-likeness (QED) is 0.151. The number of nitrogens with zero attached hydrogens (tertiary/aromatic N) is 6. The number of aromatic nitrogens is 2. The molecule has 0 unspecified atom stereocenters. The Balaban J connectivity index is 1.39. The molecule has 14 nitrogen and oxygen atoms in total. The van der Waals surface area contributed by atoms with E-state index in [0.717, 1.165) is 16.8 Å². The highest BCUT2D eigenvalue weighted by molar-refractivity contribution is 7.89. The molecule has 0 atom stereocenters. The van der Waals surface area contributed by atoms with Crippen LogP contribution in [0.5, 0.6) is 11.5 Å². The Morgan fingerprint density at radius 2 is 1.83 bits per heavy atom. The summed E-state index contributed by atoms with van der Waals surface area (Å²) in [5.41, 5.74) is 4.31. The molecular formula is C27H33N9O5S. The van der Waals surface area contributed by atoms with E-state index in [1.165, 1.54) is 0 Å². The molecular weight excluding hydrogens is 562 g/mol. The number of fused-ring (bicyclic) bond motifs is 1. The maximum Gasteiger partial charge on any atom is 0.246 e. The van der Waals surface area contributed by atoms with E-state index >= 15 is 0 Å². The fourth-order valence-corrected chi connectivity index (χ4v) is 4.73. The molecule has 1 saturated heterocycles. The van der Waals surface area contributed by atoms with Crippen LogP contribution >= 0.6 is 0 Å². The van der Waals surface area contributed by atoms with Gasteiger partial charge in [0.25, 0.3) is 0 Å². The summed E-state index contributed by atoms with van der Waals surface area (Å²) in [6, 6.07) is 16.2. The largest absolute Gasteiger partial charge is 0.449 e. The van der Waals surface area contributed by atoms with Gasteiger partial charge in [-0.3, -0.25) is 10.1 Å². The third kappa shape index (κ3) is 7.63. The molecule has 2 aliphatic heterocycles. The minimum Gasteiger partial charge on any atom is -0.449 e. The van der Waals surface area contributed by atoms with E-state index in [2.05, 4.69) is 35.1 Å². The van der Waals surface area contributed by atoms with Crippen molar-refractivity contribution in [3.05, 3.63) is 66.0 Å². The highest BCUT2D eigenvalue weighted by Gasteiger charge is 2.31. The van der Waals surface area contributed by atoms with Crippen LogP contribution in [-0.4, -0.2) is 68.9 Å². The summed E-state index contributed by atoms with van der Waals surface area (Å²) in [6.07, 6.45) is 2.67. The number of ether oxygens (including phenoxy) is 3. The Kier molecular flexibility index (Phi) is 8.42. The zero-order valence-corrected chi connectivity index (χ0v) is 24.3. The lowest BCUT2D eigenvalue weighted by Gasteiger charge is -2.28. The van der Waals surface area contributed by atoms with E-state index in [1.54, 1.807) is 36.5 Å². The van der Waals surface area contributed by atoms with Crippen LogP contribution in [0.4, 0.5) is 17.3 Å². The van der Waals surface area contributed by atoms with Crippen LogP contribution in [0.25, 0.3) is 0 Å². The summed E-state index contributed by atoms with van der Waals surface area (Å²) in [7, 11) is -3.68. The number of aliphatic imine (C=N–C) groups is 1. The maximum atomic E-state index is 12.1. The lowest BCUT2D eigenvalue weighted by molar-refractivity contribution is -0.0431. The van der Waals surface area contributed by atoms with Crippen molar-refractivity contribution in [1.82, 2.24) is 14.7 Å². The molecule has 222 valence electrons. The fraction of sp³-hybridized carbons (Fsp3) is 0.333. The van der Waals surface area contributed by atoms with E-state index in [4.69, 9.17) is 20.1 Å². The highest BCUT2D eigenvalue weighted by Crippen LogP contribution is 2.39. The average molecular weight is 596 g/mol. The molecule has 3 heterocycles. The molecule has 0 amide bonds. The maximum absolute atomic E-state index is 12.1. The number of anilines is 3. The van der Waals surface area contributed by atoms with Crippen molar-refractivity contribution in [1.29, 1.82) is 0 Å². The van der Waals surface area contributed by atoms with Gasteiger partial charge < -0.3 is 19.1 Å². The van der Waals surface area contributed by atoms with Crippen LogP contribution in [0.1, 0.15) is 25.2 Å². The van der Waals surface area contributed by atoms with E-state index in [9.17, 15) is 8.42 Å². The van der Waals surface area contributed by atoms with Gasteiger partial charge in [-0.05, 0) is 35.9 Å². The Morgan fingerprint density at radius 1 is 1.10 bits per heavy atom. The predicted octanol–water partition coefficient (Wildman–Crippen LogP) is 2.05. The van der Waals surface area contributed by atoms with Gasteiger partial charge in [-0.2, -0.15) is 5.10 Å². The van der Waals surface area contributed by atoms with Crippen molar-refractivity contribution in [2.45, 2.75) is 26.2 Å². The number of hydrogen-bond donors (Lipinski definition) is 3. The SMILES string of the molecule is CC1(C)Oc2ccc(C=NNc3cc(N4CCOCC4)nc(CN=C(NS(C)(=O)=O)N(N)c4ccccc4)n3)cc2O1. The zero-order valence-electron chi connectivity index (χ0n) is 23.5. The molecule has 0 bridgehead atoms. The Morgan fingerprint density at radius 3 is 2.57 bits per heavy atom. The average Bonchev–Trinajstić information content (AvgIpc) is 3.28. The molecule has 3 aromatic rings. The van der Waals surface area contributed by atoms with Gasteiger partial charge in [0.2, 0.25) is 21.8 Å². The summed E-state index contributed by atoms with van der Waals surface area (Å²) >= 11 is 0. The van der Waals surface area contributed by atoms with Crippen molar-refractivity contribution >= 4 is 39.5 Å². The van der Waals surface area contributed by atoms with Crippen LogP contribution < -0.4 is 35.4 Å². The Hall–Kier alpha value is -4.47. The van der Waals surface area contributed by atoms with Crippen molar-refractivity contribution in [2.24, 2.45) is 15.9 Å². The fourth-order valence-electron chi connectivity index (χ4n) is 4.24. The van der Waals surface area contributed by atoms with Crippen molar-refractivity contribution in [3.63, 3.8) is 0 Å². The standard InChI is InChI=1S/C27H33N9O5S/c1-27(2)40-21-10-9-19(15-22(21)41-27)17-30-33-23-16-25(35-11-13-39-14-12-35)32-24(31-23)18-29-26(34-42(3,37)38)36(28)20-7-5-4-6-8-20/h4-10,15-17H,11-14,18,28H2,1-3H3,(H,29,34)(H,31,32,33). The van der Waals surface area contributed by atoms with Gasteiger partial charge in [0, 0.05) is 33.0 Å². The lowest BCUT2D eigenvalue weighted by Crippen LogP contribution is -2.48. The number of nitrogens with one attached hydrogen (secondary N) is 2. The number of rotatable bonds is 8. The molecule has 1 fully saturated rings. The topological polar surface area (TPSA) is 169 Å². The second-order valence-corrected chi connectivity index (χ2v) is 11.8. The molecule has 0 spiro atoms. The van der Waals surface area contributed by atoms with Crippen LogP contribution in [0, 0.1) is 0 Å². The minimum absolute atomic E-state index is 0.0626. The van der Waals surface area contributed by atoms with Crippen LogP contribution in [0.15, 0.2) is 64.7 Å². The van der Waals surface area contributed by atoms with Gasteiger partial charge in [0.15, 0.2) is 23.1 Å². The first-order valence-electron chi connectivity index (χ1n) is 13.2. The van der Waals surface area contributed by atoms with Crippen LogP contribution in [0.3, 0.4) is 0 Å². The first-order valence-corrected chi connectivity index (χ1v) is 15.1. The first-order chi connectivity index (χ1) is 20.0. The smallest absolute Gasteiger partial charge is 0.246 e. The second-order valence-electron chi connectivity index (χ2n) is 10.0. The number of nitrogens with two attached hydrogens (primary N) is 1. The number of hydrazone groups is 1. The van der Waals surface area contributed by atoms with Gasteiger partial charge in [-0.15, -0.1) is 0 Å². The number of morpholine rings is 1. The Bertz CT molecular complexity index is 1580. The molecule has 1 aromatic heterocycles. The molecule has 42 heavy (non-hydrogen) atoms. The zero-order chi connectivity index (χ0) is 29.7. The molecule has 4 N–H and O–H groups in total. The van der Waals surface area contributed by atoms with E-state index in [-0.39, 0.29) is 12.5 Å². The summed E-state index contributed by atoms with van der Waals surface area (Å²) in [4.78, 5) is 15.7. The summed E-state index contributed by atoms with van der Waals surface area (Å²) in [5.74, 6) is 8.16. The lowest BCUT2D eigenvalue weighted by atomic mass is 10.2. The van der Waals surface area contributed by atoms with Gasteiger partial charge >= 0.3 is 0 Å². The van der Waals surface area contributed by atoms with Crippen LogP contribution in [0.2, 0.25) is 0 Å². The normalized spacial score (nSPS) is 16.5. The first kappa shape index (κ1) is 29.0. The van der Waals surface area contributed by atoms with E-state index in [1.807, 2.05) is 38.1 Å². The van der Waals surface area contributed by atoms with Crippen molar-refractivity contribution < 1.29 is 22.6 Å². The number of benzene rings is 2. The van der Waals surface area contributed by atoms with Crippen molar-refractivity contribution in [3.8, 4) is 11.5 Å². The molecule has 2 aliphatic rings. The number of hydrogen-bond acceptors (Lipinski definition) is 12. The molecule has 0 saturated carbocycles. The summed E-state index contributed by atoms with van der Waals surface area (Å²) in [6.45, 7) is 6.08. The summed E-state index contributed by atoms with van der Waals surface area (Å²) < 4.78 is 43.5. The summed E-state index contributed by atoms with van der Waals surface area (Å²) in [5, 5.41) is 5.51. The van der Waals surface area contributed by atoms with Gasteiger partial charge in [-0.1, -0.05) is 18.2 Å². The molecule has 0 radical (unpaired) electrons. The third-order valence-corrected chi connectivity index (χ3v) is 6.63. The number of hydrazine groups is 1. The van der Waals surface area contributed by atoms with Gasteiger partial charge in [0.05, 0.1) is 31.4 Å². The van der Waals surface area contributed by atoms with Crippen molar-refractivity contribution in [2.75, 3.05) is 47.9 Å². The predicted molar refractivity (Wildman–Crippen MR) is 160 cm³/mol. The number of para-hydroxylation sites is 1. The monoisotopic (exact) mass is 595 g/mol. The molecule has 5 rings (SSSR count). The second kappa shape index (κ2) is 12.2. The van der Waals surface area contributed by atoms with E-state index in [0.29, 0.717) is 60.9 Å². The van der Waals surface area contributed by atoms with Crippen LogP contribution in [-0.2, 0) is 21.3 Å². The third-order valence-electron chi connectivity index (χ3n) is 6.08. The number of guanidine groups is 1.